The van der Waals surface area contributed by atoms with Gasteiger partial charge >= 0.3 is 0 Å². The molecule has 2 heterocycles. The Kier molecular flexibility index (Phi) is 5.66. The number of hydrogen-bond donors (Lipinski definition) is 3. The molecule has 3 N–H and O–H groups in total. The van der Waals surface area contributed by atoms with Gasteiger partial charge in [0.15, 0.2) is 0 Å². The number of aromatic nitrogens is 1. The molecule has 1 aliphatic carbocycles. The number of amidine groups is 1. The van der Waals surface area contributed by atoms with Gasteiger partial charge in [0.1, 0.15) is 16.6 Å². The molecule has 1 saturated carbocycles. The van der Waals surface area contributed by atoms with E-state index in [0.717, 1.165) is 35.9 Å². The van der Waals surface area contributed by atoms with Crippen molar-refractivity contribution in [2.75, 3.05) is 11.4 Å². The number of anilines is 1. The van der Waals surface area contributed by atoms with E-state index in [4.69, 9.17) is 5.41 Å². The molecule has 1 amide bonds. The zero-order valence-corrected chi connectivity index (χ0v) is 18.6. The predicted molar refractivity (Wildman–Crippen MR) is 130 cm³/mol. The Hall–Kier alpha value is -3.19. The Balaban J connectivity index is 1.35. The van der Waals surface area contributed by atoms with Crippen LogP contribution in [0.1, 0.15) is 53.9 Å². The first-order chi connectivity index (χ1) is 15.6. The Bertz CT molecular complexity index is 1170. The minimum absolute atomic E-state index is 0.0759. The molecule has 1 aromatic heterocycles. The molecule has 5 rings (SSSR count). The number of carbonyl (C=O) groups is 1. The molecule has 0 spiro atoms. The van der Waals surface area contributed by atoms with Crippen molar-refractivity contribution in [1.29, 1.82) is 5.41 Å². The maximum Gasteiger partial charge on any atom is 0.251 e. The standard InChI is InChI=1S/C25H26N4O2S/c26-23-22(25-28-19-12-5-6-13-21(19)32-25)20(30)15-29(23)18-11-7-8-16(14-18)24(31)27-17-9-3-1-2-4-10-17/h5-8,11-14,17,26,30H,1-4,9-10,15H2,(H,27,31). The van der Waals surface area contributed by atoms with E-state index in [-0.39, 0.29) is 30.1 Å². The normalized spacial score (nSPS) is 17.8. The van der Waals surface area contributed by atoms with E-state index in [2.05, 4.69) is 10.3 Å². The van der Waals surface area contributed by atoms with Crippen molar-refractivity contribution >= 4 is 44.6 Å². The van der Waals surface area contributed by atoms with Gasteiger partial charge in [-0.1, -0.05) is 43.9 Å². The number of rotatable bonds is 4. The third-order valence-corrected chi connectivity index (χ3v) is 7.28. The average molecular weight is 447 g/mol. The second-order valence-electron chi connectivity index (χ2n) is 8.46. The van der Waals surface area contributed by atoms with E-state index in [0.29, 0.717) is 21.8 Å². The van der Waals surface area contributed by atoms with Gasteiger partial charge in [-0.25, -0.2) is 4.98 Å². The van der Waals surface area contributed by atoms with Gasteiger partial charge < -0.3 is 15.3 Å². The highest BCUT2D eigenvalue weighted by atomic mass is 32.1. The van der Waals surface area contributed by atoms with Gasteiger partial charge in [-0.15, -0.1) is 11.3 Å². The number of hydrogen-bond acceptors (Lipinski definition) is 5. The lowest BCUT2D eigenvalue weighted by Crippen LogP contribution is -2.34. The van der Waals surface area contributed by atoms with Crippen molar-refractivity contribution in [1.82, 2.24) is 10.3 Å². The van der Waals surface area contributed by atoms with Crippen molar-refractivity contribution < 1.29 is 9.90 Å². The highest BCUT2D eigenvalue weighted by Crippen LogP contribution is 2.35. The third-order valence-electron chi connectivity index (χ3n) is 6.22. The minimum atomic E-state index is -0.0759. The smallest absolute Gasteiger partial charge is 0.251 e. The van der Waals surface area contributed by atoms with Crippen LogP contribution in [-0.4, -0.2) is 34.4 Å². The zero-order chi connectivity index (χ0) is 22.1. The van der Waals surface area contributed by atoms with Crippen LogP contribution >= 0.6 is 11.3 Å². The highest BCUT2D eigenvalue weighted by molar-refractivity contribution is 7.19. The summed E-state index contributed by atoms with van der Waals surface area (Å²) in [7, 11) is 0. The summed E-state index contributed by atoms with van der Waals surface area (Å²) < 4.78 is 1.02. The van der Waals surface area contributed by atoms with E-state index >= 15 is 0 Å². The molecule has 0 radical (unpaired) electrons. The molecule has 2 aromatic carbocycles. The number of nitrogens with zero attached hydrogens (tertiary/aromatic N) is 2. The van der Waals surface area contributed by atoms with Crippen LogP contribution in [0, 0.1) is 5.41 Å². The van der Waals surface area contributed by atoms with Crippen LogP contribution in [0.5, 0.6) is 0 Å². The van der Waals surface area contributed by atoms with Gasteiger partial charge in [-0.05, 0) is 43.2 Å². The monoisotopic (exact) mass is 446 g/mol. The first-order valence-electron chi connectivity index (χ1n) is 11.2. The second kappa shape index (κ2) is 8.74. The molecule has 0 saturated heterocycles. The molecule has 0 unspecified atom stereocenters. The van der Waals surface area contributed by atoms with E-state index in [1.807, 2.05) is 36.4 Å². The summed E-state index contributed by atoms with van der Waals surface area (Å²) in [6.45, 7) is 0.192. The van der Waals surface area contributed by atoms with E-state index in [1.54, 1.807) is 17.0 Å². The summed E-state index contributed by atoms with van der Waals surface area (Å²) in [6.07, 6.45) is 6.88. The molecule has 164 valence electrons. The SMILES string of the molecule is N=C1C(c2nc3ccccc3s2)=C(O)CN1c1cccc(C(=O)NC2CCCCCC2)c1. The van der Waals surface area contributed by atoms with E-state index in [1.165, 1.54) is 24.2 Å². The minimum Gasteiger partial charge on any atom is -0.510 e. The number of aliphatic hydroxyl groups is 1. The summed E-state index contributed by atoms with van der Waals surface area (Å²) in [6, 6.07) is 15.3. The fourth-order valence-corrected chi connectivity index (χ4v) is 5.54. The molecule has 32 heavy (non-hydrogen) atoms. The number of aliphatic hydroxyl groups excluding tert-OH is 1. The molecular formula is C25H26N4O2S. The topological polar surface area (TPSA) is 89.3 Å². The third kappa shape index (κ3) is 4.00. The van der Waals surface area contributed by atoms with Crippen LogP contribution in [-0.2, 0) is 0 Å². The van der Waals surface area contributed by atoms with Crippen LogP contribution in [0.15, 0.2) is 54.3 Å². The Morgan fingerprint density at radius 3 is 2.66 bits per heavy atom. The molecule has 1 aliphatic heterocycles. The largest absolute Gasteiger partial charge is 0.510 e. The lowest BCUT2D eigenvalue weighted by Gasteiger charge is -2.20. The number of carbonyl (C=O) groups excluding carboxylic acids is 1. The molecule has 7 heteroatoms. The predicted octanol–water partition coefficient (Wildman–Crippen LogP) is 5.52. The maximum atomic E-state index is 12.9. The van der Waals surface area contributed by atoms with Crippen LogP contribution in [0.4, 0.5) is 5.69 Å². The maximum absolute atomic E-state index is 12.9. The van der Waals surface area contributed by atoms with Gasteiger partial charge in [-0.2, -0.15) is 0 Å². The first kappa shape index (κ1) is 20.7. The number of nitrogens with one attached hydrogen (secondary N) is 2. The number of amides is 1. The summed E-state index contributed by atoms with van der Waals surface area (Å²) in [5.74, 6) is 0.248. The van der Waals surface area contributed by atoms with Gasteiger partial charge in [0.25, 0.3) is 5.91 Å². The fourth-order valence-electron chi connectivity index (χ4n) is 4.51. The number of para-hydroxylation sites is 1. The Labute approximate surface area is 191 Å². The summed E-state index contributed by atoms with van der Waals surface area (Å²) in [5.41, 5.74) is 2.61. The number of benzene rings is 2. The van der Waals surface area contributed by atoms with Crippen molar-refractivity contribution in [3.63, 3.8) is 0 Å². The van der Waals surface area contributed by atoms with Crippen molar-refractivity contribution in [3.05, 3.63) is 64.9 Å². The van der Waals surface area contributed by atoms with Crippen molar-refractivity contribution in [3.8, 4) is 0 Å². The van der Waals surface area contributed by atoms with Gasteiger partial charge in [0.05, 0.1) is 22.3 Å². The molecule has 0 bridgehead atoms. The lowest BCUT2D eigenvalue weighted by molar-refractivity contribution is 0.0933. The fraction of sp³-hybridized carbons (Fsp3) is 0.320. The van der Waals surface area contributed by atoms with Crippen LogP contribution in [0.2, 0.25) is 0 Å². The first-order valence-corrected chi connectivity index (χ1v) is 12.0. The van der Waals surface area contributed by atoms with Gasteiger partial charge in [0, 0.05) is 17.3 Å². The number of thiazole rings is 1. The quantitative estimate of drug-likeness (QED) is 0.461. The summed E-state index contributed by atoms with van der Waals surface area (Å²) in [4.78, 5) is 19.2. The molecule has 3 aromatic rings. The molecular weight excluding hydrogens is 420 g/mol. The molecule has 6 nitrogen and oxygen atoms in total. The van der Waals surface area contributed by atoms with Crippen LogP contribution in [0.25, 0.3) is 15.8 Å². The van der Waals surface area contributed by atoms with E-state index in [9.17, 15) is 9.90 Å². The molecule has 2 aliphatic rings. The summed E-state index contributed by atoms with van der Waals surface area (Å²) in [5, 5.41) is 23.2. The van der Waals surface area contributed by atoms with Gasteiger partial charge in [-0.3, -0.25) is 10.2 Å². The second-order valence-corrected chi connectivity index (χ2v) is 9.49. The van der Waals surface area contributed by atoms with Crippen LogP contribution in [0.3, 0.4) is 0 Å². The highest BCUT2D eigenvalue weighted by Gasteiger charge is 2.31. The average Bonchev–Trinajstić information content (AvgIpc) is 3.23. The van der Waals surface area contributed by atoms with Gasteiger partial charge in [0.2, 0.25) is 0 Å². The number of fused-ring (bicyclic) bond motifs is 1. The zero-order valence-electron chi connectivity index (χ0n) is 17.8. The van der Waals surface area contributed by atoms with Crippen LogP contribution < -0.4 is 10.2 Å². The van der Waals surface area contributed by atoms with E-state index < -0.39 is 0 Å². The summed E-state index contributed by atoms with van der Waals surface area (Å²) >= 11 is 1.47. The Morgan fingerprint density at radius 1 is 1.09 bits per heavy atom. The lowest BCUT2D eigenvalue weighted by atomic mass is 10.1. The molecule has 1 fully saturated rings. The van der Waals surface area contributed by atoms with Crippen molar-refractivity contribution in [2.45, 2.75) is 44.6 Å². The molecule has 0 atom stereocenters. The van der Waals surface area contributed by atoms with Crippen molar-refractivity contribution in [2.24, 2.45) is 0 Å². The Morgan fingerprint density at radius 2 is 1.88 bits per heavy atom.